The van der Waals surface area contributed by atoms with Crippen molar-refractivity contribution in [3.63, 3.8) is 0 Å². The molecule has 64 valence electrons. The van der Waals surface area contributed by atoms with Crippen molar-refractivity contribution in [2.24, 2.45) is 5.92 Å². The van der Waals surface area contributed by atoms with E-state index in [4.69, 9.17) is 0 Å². The summed E-state index contributed by atoms with van der Waals surface area (Å²) in [6.45, 7) is 6.90. The zero-order valence-corrected chi connectivity index (χ0v) is 8.61. The first-order chi connectivity index (χ1) is 5.64. The third-order valence-electron chi connectivity index (χ3n) is 3.06. The Morgan fingerprint density at radius 2 is 2.17 bits per heavy atom. The van der Waals surface area contributed by atoms with Gasteiger partial charge in [-0.25, -0.2) is 0 Å². The Balaban J connectivity index is 2.52. The topological polar surface area (TPSA) is 0 Å². The van der Waals surface area contributed by atoms with E-state index < -0.39 is 0 Å². The fourth-order valence-corrected chi connectivity index (χ4v) is 2.65. The summed E-state index contributed by atoms with van der Waals surface area (Å²) in [5.74, 6) is 0.685. The highest BCUT2D eigenvalue weighted by Gasteiger charge is 2.33. The van der Waals surface area contributed by atoms with Gasteiger partial charge in [0.1, 0.15) is 0 Å². The average Bonchev–Trinajstić information content (AvgIpc) is 2.54. The van der Waals surface area contributed by atoms with Crippen molar-refractivity contribution in [2.45, 2.75) is 26.2 Å². The van der Waals surface area contributed by atoms with Crippen LogP contribution in [-0.2, 0) is 5.41 Å². The minimum atomic E-state index is 0.287. The molecule has 1 aromatic rings. The van der Waals surface area contributed by atoms with Crippen LogP contribution in [0.25, 0.3) is 6.08 Å². The predicted molar refractivity (Wildman–Crippen MR) is 55.5 cm³/mol. The molecule has 0 fully saturated rings. The lowest BCUT2D eigenvalue weighted by Gasteiger charge is -2.27. The molecule has 0 saturated heterocycles. The second kappa shape index (κ2) is 2.46. The molecule has 0 spiro atoms. The van der Waals surface area contributed by atoms with Gasteiger partial charge in [0.2, 0.25) is 0 Å². The van der Waals surface area contributed by atoms with E-state index in [1.165, 1.54) is 10.4 Å². The summed E-state index contributed by atoms with van der Waals surface area (Å²) in [7, 11) is 0. The third-order valence-corrected chi connectivity index (χ3v) is 3.94. The van der Waals surface area contributed by atoms with E-state index in [-0.39, 0.29) is 5.41 Å². The standard InChI is InChI=1S/C11H14S/c1-8(2)11(3)6-4-10-9(11)5-7-12-10/h4-8H,1-3H3. The van der Waals surface area contributed by atoms with Gasteiger partial charge in [-0.05, 0) is 29.0 Å². The fraction of sp³-hybridized carbons (Fsp3) is 0.455. The molecule has 0 aliphatic heterocycles. The van der Waals surface area contributed by atoms with Gasteiger partial charge in [-0.15, -0.1) is 11.3 Å². The van der Waals surface area contributed by atoms with Crippen LogP contribution in [0, 0.1) is 5.92 Å². The quantitative estimate of drug-likeness (QED) is 0.615. The smallest absolute Gasteiger partial charge is 0.0308 e. The highest BCUT2D eigenvalue weighted by Crippen LogP contribution is 2.43. The van der Waals surface area contributed by atoms with Gasteiger partial charge in [0, 0.05) is 10.3 Å². The minimum absolute atomic E-state index is 0.287. The van der Waals surface area contributed by atoms with Crippen molar-refractivity contribution in [1.82, 2.24) is 0 Å². The second-order valence-corrected chi connectivity index (χ2v) is 4.92. The van der Waals surface area contributed by atoms with Crippen molar-refractivity contribution in [1.29, 1.82) is 0 Å². The SMILES string of the molecule is CC(C)C1(C)C=Cc2sccc21. The van der Waals surface area contributed by atoms with Crippen LogP contribution in [0.15, 0.2) is 17.5 Å². The number of allylic oxidation sites excluding steroid dienone is 1. The van der Waals surface area contributed by atoms with E-state index in [0.29, 0.717) is 5.92 Å². The maximum Gasteiger partial charge on any atom is 0.0308 e. The van der Waals surface area contributed by atoms with Crippen LogP contribution < -0.4 is 0 Å². The molecule has 0 N–H and O–H groups in total. The predicted octanol–water partition coefficient (Wildman–Crippen LogP) is 3.69. The van der Waals surface area contributed by atoms with Crippen LogP contribution in [0.1, 0.15) is 31.2 Å². The monoisotopic (exact) mass is 178 g/mol. The minimum Gasteiger partial charge on any atom is -0.144 e. The summed E-state index contributed by atoms with van der Waals surface area (Å²) in [5.41, 5.74) is 1.80. The molecule has 12 heavy (non-hydrogen) atoms. The molecule has 1 aliphatic rings. The fourth-order valence-electron chi connectivity index (χ4n) is 1.74. The van der Waals surface area contributed by atoms with Crippen molar-refractivity contribution in [2.75, 3.05) is 0 Å². The van der Waals surface area contributed by atoms with Gasteiger partial charge in [0.05, 0.1) is 0 Å². The highest BCUT2D eigenvalue weighted by molar-refractivity contribution is 7.11. The Hall–Kier alpha value is -0.560. The van der Waals surface area contributed by atoms with Crippen LogP contribution in [0.3, 0.4) is 0 Å². The Bertz CT molecular complexity index is 320. The lowest BCUT2D eigenvalue weighted by atomic mass is 9.76. The molecule has 1 atom stereocenters. The van der Waals surface area contributed by atoms with Gasteiger partial charge in [-0.2, -0.15) is 0 Å². The zero-order chi connectivity index (χ0) is 8.77. The van der Waals surface area contributed by atoms with E-state index in [1.54, 1.807) is 0 Å². The van der Waals surface area contributed by atoms with Gasteiger partial charge < -0.3 is 0 Å². The molecule has 1 aliphatic carbocycles. The van der Waals surface area contributed by atoms with E-state index >= 15 is 0 Å². The zero-order valence-electron chi connectivity index (χ0n) is 7.79. The number of thiophene rings is 1. The Morgan fingerprint density at radius 3 is 2.83 bits per heavy atom. The molecule has 0 nitrogen and oxygen atoms in total. The van der Waals surface area contributed by atoms with Crippen LogP contribution in [0.4, 0.5) is 0 Å². The van der Waals surface area contributed by atoms with Crippen LogP contribution in [-0.4, -0.2) is 0 Å². The number of hydrogen-bond donors (Lipinski definition) is 0. The summed E-state index contributed by atoms with van der Waals surface area (Å²) < 4.78 is 0. The Morgan fingerprint density at radius 1 is 1.42 bits per heavy atom. The molecule has 1 unspecified atom stereocenters. The number of fused-ring (bicyclic) bond motifs is 1. The maximum absolute atomic E-state index is 2.35. The highest BCUT2D eigenvalue weighted by atomic mass is 32.1. The van der Waals surface area contributed by atoms with E-state index in [9.17, 15) is 0 Å². The van der Waals surface area contributed by atoms with Gasteiger partial charge in [0.25, 0.3) is 0 Å². The third kappa shape index (κ3) is 0.893. The Kier molecular flexibility index (Phi) is 1.65. The van der Waals surface area contributed by atoms with Crippen molar-refractivity contribution >= 4 is 17.4 Å². The maximum atomic E-state index is 2.35. The second-order valence-electron chi connectivity index (χ2n) is 3.97. The van der Waals surface area contributed by atoms with Gasteiger partial charge in [-0.1, -0.05) is 26.8 Å². The van der Waals surface area contributed by atoms with Crippen molar-refractivity contribution in [3.05, 3.63) is 28.0 Å². The molecule has 0 aromatic carbocycles. The van der Waals surface area contributed by atoms with E-state index in [2.05, 4.69) is 44.4 Å². The molecule has 0 saturated carbocycles. The van der Waals surface area contributed by atoms with E-state index in [0.717, 1.165) is 0 Å². The van der Waals surface area contributed by atoms with Crippen molar-refractivity contribution < 1.29 is 0 Å². The molecule has 0 bridgehead atoms. The molecular weight excluding hydrogens is 164 g/mol. The van der Waals surface area contributed by atoms with Crippen molar-refractivity contribution in [3.8, 4) is 0 Å². The summed E-state index contributed by atoms with van der Waals surface area (Å²) in [6.07, 6.45) is 4.61. The molecule has 1 heterocycles. The molecule has 0 radical (unpaired) electrons. The van der Waals surface area contributed by atoms with Crippen LogP contribution in [0.5, 0.6) is 0 Å². The largest absolute Gasteiger partial charge is 0.144 e. The summed E-state index contributed by atoms with van der Waals surface area (Å²) in [4.78, 5) is 1.45. The van der Waals surface area contributed by atoms with Crippen LogP contribution >= 0.6 is 11.3 Å². The lowest BCUT2D eigenvalue weighted by Crippen LogP contribution is -2.23. The molecular formula is C11H14S. The van der Waals surface area contributed by atoms with Gasteiger partial charge >= 0.3 is 0 Å². The Labute approximate surface area is 77.9 Å². The summed E-state index contributed by atoms with van der Waals surface area (Å²) in [5, 5.41) is 2.19. The summed E-state index contributed by atoms with van der Waals surface area (Å²) >= 11 is 1.84. The lowest BCUT2D eigenvalue weighted by molar-refractivity contribution is 0.427. The first-order valence-electron chi connectivity index (χ1n) is 4.42. The first-order valence-corrected chi connectivity index (χ1v) is 5.30. The van der Waals surface area contributed by atoms with Crippen LogP contribution in [0.2, 0.25) is 0 Å². The number of rotatable bonds is 1. The first kappa shape index (κ1) is 8.06. The molecule has 2 rings (SSSR count). The normalized spacial score (nSPS) is 26.7. The average molecular weight is 178 g/mol. The van der Waals surface area contributed by atoms with E-state index in [1.807, 2.05) is 11.3 Å². The van der Waals surface area contributed by atoms with Gasteiger partial charge in [0.15, 0.2) is 0 Å². The molecule has 1 aromatic heterocycles. The summed E-state index contributed by atoms with van der Waals surface area (Å²) in [6, 6.07) is 2.26. The number of hydrogen-bond acceptors (Lipinski definition) is 1. The molecule has 0 amide bonds. The van der Waals surface area contributed by atoms with Gasteiger partial charge in [-0.3, -0.25) is 0 Å². The molecule has 1 heteroatoms.